The first kappa shape index (κ1) is 16.2. The summed E-state index contributed by atoms with van der Waals surface area (Å²) in [5.41, 5.74) is 1.97. The van der Waals surface area contributed by atoms with Crippen LogP contribution >= 0.6 is 0 Å². The fourth-order valence-corrected chi connectivity index (χ4v) is 1.90. The van der Waals surface area contributed by atoms with E-state index >= 15 is 0 Å². The van der Waals surface area contributed by atoms with Crippen molar-refractivity contribution in [3.8, 4) is 0 Å². The normalized spacial score (nSPS) is 10.4. The van der Waals surface area contributed by atoms with Gasteiger partial charge in [0.05, 0.1) is 0 Å². The lowest BCUT2D eigenvalue weighted by molar-refractivity contribution is -0.353. The van der Waals surface area contributed by atoms with Crippen molar-refractivity contribution in [1.29, 1.82) is 0 Å². The second-order valence-electron chi connectivity index (χ2n) is 4.92. The molecular formula is C18H21NO3. The van der Waals surface area contributed by atoms with Gasteiger partial charge >= 0.3 is 0 Å². The van der Waals surface area contributed by atoms with Crippen LogP contribution in [-0.4, -0.2) is 11.1 Å². The standard InChI is InChI=1S/C18H21NO3/c1-2-9-18(20)19(21-14-16-10-5-3-6-11-16)22-15-17-12-7-4-8-13-17/h3-8,10-13H,2,9,14-15H2,1H3. The topological polar surface area (TPSA) is 38.8 Å². The van der Waals surface area contributed by atoms with Crippen molar-refractivity contribution in [3.05, 3.63) is 71.8 Å². The summed E-state index contributed by atoms with van der Waals surface area (Å²) in [6, 6.07) is 19.4. The number of hydroxylamine groups is 2. The van der Waals surface area contributed by atoms with Gasteiger partial charge in [0, 0.05) is 6.42 Å². The molecule has 4 nitrogen and oxygen atoms in total. The van der Waals surface area contributed by atoms with Crippen LogP contribution in [0.3, 0.4) is 0 Å². The molecule has 0 heterocycles. The zero-order chi connectivity index (χ0) is 15.6. The second-order valence-corrected chi connectivity index (χ2v) is 4.92. The second kappa shape index (κ2) is 8.97. The predicted octanol–water partition coefficient (Wildman–Crippen LogP) is 3.88. The number of benzene rings is 2. The number of nitrogens with zero attached hydrogens (tertiary/aromatic N) is 1. The zero-order valence-corrected chi connectivity index (χ0v) is 12.8. The van der Waals surface area contributed by atoms with Gasteiger partial charge in [-0.15, -0.1) is 0 Å². The van der Waals surface area contributed by atoms with Crippen LogP contribution in [0.5, 0.6) is 0 Å². The molecule has 0 saturated heterocycles. The van der Waals surface area contributed by atoms with E-state index in [1.165, 1.54) is 0 Å². The van der Waals surface area contributed by atoms with Gasteiger partial charge in [-0.05, 0) is 17.5 Å². The molecule has 2 aromatic rings. The van der Waals surface area contributed by atoms with Crippen LogP contribution in [0.15, 0.2) is 60.7 Å². The summed E-state index contributed by atoms with van der Waals surface area (Å²) in [6.07, 6.45) is 1.14. The first-order valence-corrected chi connectivity index (χ1v) is 7.46. The summed E-state index contributed by atoms with van der Waals surface area (Å²) in [6.45, 7) is 2.54. The van der Waals surface area contributed by atoms with E-state index in [-0.39, 0.29) is 5.91 Å². The monoisotopic (exact) mass is 299 g/mol. The summed E-state index contributed by atoms with van der Waals surface area (Å²) in [7, 11) is 0. The van der Waals surface area contributed by atoms with E-state index in [0.29, 0.717) is 19.6 Å². The molecule has 0 spiro atoms. The van der Waals surface area contributed by atoms with Crippen LogP contribution in [0.4, 0.5) is 0 Å². The molecule has 0 radical (unpaired) electrons. The van der Waals surface area contributed by atoms with Crippen molar-refractivity contribution < 1.29 is 14.5 Å². The number of amides is 1. The smallest absolute Gasteiger partial charge is 0.270 e. The van der Waals surface area contributed by atoms with Crippen molar-refractivity contribution in [2.24, 2.45) is 0 Å². The van der Waals surface area contributed by atoms with Crippen molar-refractivity contribution in [2.75, 3.05) is 0 Å². The molecule has 0 atom stereocenters. The fourth-order valence-electron chi connectivity index (χ4n) is 1.90. The SMILES string of the molecule is CCCC(=O)N(OCc1ccccc1)OCc1ccccc1. The Balaban J connectivity index is 1.92. The molecule has 0 unspecified atom stereocenters. The van der Waals surface area contributed by atoms with Crippen molar-refractivity contribution in [3.63, 3.8) is 0 Å². The first-order valence-electron chi connectivity index (χ1n) is 7.46. The van der Waals surface area contributed by atoms with Crippen molar-refractivity contribution >= 4 is 5.91 Å². The Bertz CT molecular complexity index is 514. The van der Waals surface area contributed by atoms with Gasteiger partial charge in [-0.3, -0.25) is 4.79 Å². The summed E-state index contributed by atoms with van der Waals surface area (Å²) < 4.78 is 0. The van der Waals surface area contributed by atoms with Gasteiger partial charge in [0.1, 0.15) is 13.2 Å². The minimum Gasteiger partial charge on any atom is -0.270 e. The highest BCUT2D eigenvalue weighted by molar-refractivity contribution is 5.73. The molecule has 0 aliphatic rings. The Morgan fingerprint density at radius 3 is 1.73 bits per heavy atom. The van der Waals surface area contributed by atoms with E-state index in [4.69, 9.17) is 9.68 Å². The molecule has 22 heavy (non-hydrogen) atoms. The van der Waals surface area contributed by atoms with E-state index in [1.807, 2.05) is 67.6 Å². The number of hydrogen-bond donors (Lipinski definition) is 0. The van der Waals surface area contributed by atoms with Crippen LogP contribution in [-0.2, 0) is 27.7 Å². The average molecular weight is 299 g/mol. The summed E-state index contributed by atoms with van der Waals surface area (Å²) >= 11 is 0. The molecule has 2 rings (SSSR count). The highest BCUT2D eigenvalue weighted by Crippen LogP contribution is 2.09. The van der Waals surface area contributed by atoms with Gasteiger partial charge < -0.3 is 0 Å². The van der Waals surface area contributed by atoms with Crippen LogP contribution < -0.4 is 0 Å². The Kier molecular flexibility index (Phi) is 6.61. The maximum Gasteiger partial charge on any atom is 0.273 e. The molecule has 0 fully saturated rings. The number of carbonyl (C=O) groups is 1. The third-order valence-electron chi connectivity index (χ3n) is 3.05. The lowest BCUT2D eigenvalue weighted by Gasteiger charge is -2.20. The maximum absolute atomic E-state index is 12.1. The minimum absolute atomic E-state index is 0.172. The lowest BCUT2D eigenvalue weighted by Crippen LogP contribution is -2.31. The first-order chi connectivity index (χ1) is 10.8. The highest BCUT2D eigenvalue weighted by Gasteiger charge is 2.15. The van der Waals surface area contributed by atoms with Gasteiger partial charge in [0.25, 0.3) is 5.91 Å². The zero-order valence-electron chi connectivity index (χ0n) is 12.8. The Morgan fingerprint density at radius 1 is 0.864 bits per heavy atom. The summed E-state index contributed by atoms with van der Waals surface area (Å²) in [5, 5.41) is 1.02. The molecule has 0 bridgehead atoms. The molecule has 0 saturated carbocycles. The quantitative estimate of drug-likeness (QED) is 0.694. The summed E-state index contributed by atoms with van der Waals surface area (Å²) in [4.78, 5) is 23.1. The van der Waals surface area contributed by atoms with Gasteiger partial charge in [0.15, 0.2) is 0 Å². The van der Waals surface area contributed by atoms with Gasteiger partial charge in [0.2, 0.25) is 0 Å². The number of hydrogen-bond acceptors (Lipinski definition) is 3. The fraction of sp³-hybridized carbons (Fsp3) is 0.278. The van der Waals surface area contributed by atoms with E-state index in [0.717, 1.165) is 22.8 Å². The van der Waals surface area contributed by atoms with Gasteiger partial charge in [-0.25, -0.2) is 9.68 Å². The van der Waals surface area contributed by atoms with Gasteiger partial charge in [-0.1, -0.05) is 72.8 Å². The number of carbonyl (C=O) groups excluding carboxylic acids is 1. The van der Waals surface area contributed by atoms with E-state index < -0.39 is 0 Å². The molecule has 0 N–H and O–H groups in total. The molecule has 0 aromatic heterocycles. The van der Waals surface area contributed by atoms with Gasteiger partial charge in [-0.2, -0.15) is 0 Å². The Hall–Kier alpha value is -2.17. The number of rotatable bonds is 8. The summed E-state index contributed by atoms with van der Waals surface area (Å²) in [5.74, 6) is -0.172. The largest absolute Gasteiger partial charge is 0.273 e. The van der Waals surface area contributed by atoms with Crippen molar-refractivity contribution in [1.82, 2.24) is 5.23 Å². The van der Waals surface area contributed by atoms with Crippen LogP contribution in [0.2, 0.25) is 0 Å². The Labute approximate surface area is 131 Å². The van der Waals surface area contributed by atoms with Crippen molar-refractivity contribution in [2.45, 2.75) is 33.0 Å². The van der Waals surface area contributed by atoms with Crippen LogP contribution in [0.25, 0.3) is 0 Å². The molecule has 4 heteroatoms. The molecule has 116 valence electrons. The average Bonchev–Trinajstić information content (AvgIpc) is 2.57. The Morgan fingerprint density at radius 2 is 1.32 bits per heavy atom. The van der Waals surface area contributed by atoms with E-state index in [9.17, 15) is 4.79 Å². The maximum atomic E-state index is 12.1. The third kappa shape index (κ3) is 5.31. The van der Waals surface area contributed by atoms with E-state index in [2.05, 4.69) is 0 Å². The molecular weight excluding hydrogens is 278 g/mol. The minimum atomic E-state index is -0.172. The third-order valence-corrected chi connectivity index (χ3v) is 3.05. The highest BCUT2D eigenvalue weighted by atomic mass is 17.0. The lowest BCUT2D eigenvalue weighted by atomic mass is 10.2. The van der Waals surface area contributed by atoms with Crippen LogP contribution in [0, 0.1) is 0 Å². The predicted molar refractivity (Wildman–Crippen MR) is 84.2 cm³/mol. The molecule has 0 aliphatic heterocycles. The molecule has 2 aromatic carbocycles. The van der Waals surface area contributed by atoms with Crippen LogP contribution in [0.1, 0.15) is 30.9 Å². The van der Waals surface area contributed by atoms with E-state index in [1.54, 1.807) is 0 Å². The molecule has 1 amide bonds. The molecule has 0 aliphatic carbocycles.